The van der Waals surface area contributed by atoms with Gasteiger partial charge >= 0.3 is 5.97 Å². The van der Waals surface area contributed by atoms with Gasteiger partial charge in [0.1, 0.15) is 0 Å². The van der Waals surface area contributed by atoms with E-state index in [1.807, 2.05) is 24.3 Å². The molecule has 0 heterocycles. The van der Waals surface area contributed by atoms with E-state index >= 15 is 0 Å². The first kappa shape index (κ1) is 15.0. The van der Waals surface area contributed by atoms with Gasteiger partial charge in [0.15, 0.2) is 0 Å². The Labute approximate surface area is 113 Å². The second-order valence-corrected chi connectivity index (χ2v) is 4.72. The molecular weight excluding hydrogens is 250 g/mol. The van der Waals surface area contributed by atoms with Crippen molar-refractivity contribution in [3.05, 3.63) is 34.9 Å². The van der Waals surface area contributed by atoms with E-state index in [9.17, 15) is 4.79 Å². The van der Waals surface area contributed by atoms with Crippen molar-refractivity contribution < 1.29 is 9.53 Å². The highest BCUT2D eigenvalue weighted by Crippen LogP contribution is 2.12. The third-order valence-corrected chi connectivity index (χ3v) is 2.94. The molecule has 0 aliphatic heterocycles. The largest absolute Gasteiger partial charge is 0.466 e. The van der Waals surface area contributed by atoms with E-state index in [-0.39, 0.29) is 12.0 Å². The molecule has 18 heavy (non-hydrogen) atoms. The molecule has 2 N–H and O–H groups in total. The number of esters is 1. The van der Waals surface area contributed by atoms with Gasteiger partial charge in [-0.05, 0) is 43.9 Å². The van der Waals surface area contributed by atoms with Crippen molar-refractivity contribution in [2.24, 2.45) is 5.73 Å². The predicted octanol–water partition coefficient (Wildman–Crippen LogP) is 2.94. The topological polar surface area (TPSA) is 52.3 Å². The Balaban J connectivity index is 2.21. The smallest absolute Gasteiger partial charge is 0.307 e. The van der Waals surface area contributed by atoms with Gasteiger partial charge in [0, 0.05) is 11.1 Å². The number of halogens is 1. The van der Waals surface area contributed by atoms with Gasteiger partial charge in [-0.15, -0.1) is 0 Å². The maximum atomic E-state index is 11.2. The molecule has 0 aliphatic carbocycles. The van der Waals surface area contributed by atoms with Crippen LogP contribution in [0.3, 0.4) is 0 Å². The summed E-state index contributed by atoms with van der Waals surface area (Å²) in [5, 5.41) is 0.748. The van der Waals surface area contributed by atoms with Crippen molar-refractivity contribution in [1.82, 2.24) is 0 Å². The standard InChI is InChI=1S/C14H20ClNO2/c1-2-18-14(17)10-13(16)5-3-4-11-6-8-12(15)9-7-11/h6-9,13H,2-5,10,16H2,1H3/t13-/m0/s1. The maximum Gasteiger partial charge on any atom is 0.307 e. The van der Waals surface area contributed by atoms with Crippen LogP contribution in [0.2, 0.25) is 5.02 Å². The fourth-order valence-corrected chi connectivity index (χ4v) is 1.88. The Kier molecular flexibility index (Phi) is 6.76. The van der Waals surface area contributed by atoms with Crippen LogP contribution in [-0.2, 0) is 16.0 Å². The molecule has 0 aliphatic rings. The van der Waals surface area contributed by atoms with E-state index in [0.717, 1.165) is 24.3 Å². The molecule has 0 saturated heterocycles. The fourth-order valence-electron chi connectivity index (χ4n) is 1.76. The zero-order valence-electron chi connectivity index (χ0n) is 10.7. The monoisotopic (exact) mass is 269 g/mol. The van der Waals surface area contributed by atoms with Crippen LogP contribution in [0.4, 0.5) is 0 Å². The lowest BCUT2D eigenvalue weighted by molar-refractivity contribution is -0.143. The first-order chi connectivity index (χ1) is 8.61. The summed E-state index contributed by atoms with van der Waals surface area (Å²) in [6.07, 6.45) is 3.03. The van der Waals surface area contributed by atoms with Crippen LogP contribution in [0, 0.1) is 0 Å². The van der Waals surface area contributed by atoms with Gasteiger partial charge in [0.2, 0.25) is 0 Å². The highest BCUT2D eigenvalue weighted by Gasteiger charge is 2.09. The minimum atomic E-state index is -0.212. The highest BCUT2D eigenvalue weighted by molar-refractivity contribution is 6.30. The summed E-state index contributed by atoms with van der Waals surface area (Å²) in [4.78, 5) is 11.2. The molecule has 0 radical (unpaired) electrons. The minimum Gasteiger partial charge on any atom is -0.466 e. The molecule has 0 fully saturated rings. The predicted molar refractivity (Wildman–Crippen MR) is 73.6 cm³/mol. The lowest BCUT2D eigenvalue weighted by Crippen LogP contribution is -2.25. The summed E-state index contributed by atoms with van der Waals surface area (Å²) < 4.78 is 4.86. The van der Waals surface area contributed by atoms with Crippen molar-refractivity contribution in [2.45, 2.75) is 38.6 Å². The Morgan fingerprint density at radius 2 is 2.06 bits per heavy atom. The van der Waals surface area contributed by atoms with Gasteiger partial charge in [-0.1, -0.05) is 23.7 Å². The van der Waals surface area contributed by atoms with Crippen molar-refractivity contribution in [3.8, 4) is 0 Å². The van der Waals surface area contributed by atoms with Crippen LogP contribution in [0.15, 0.2) is 24.3 Å². The van der Waals surface area contributed by atoms with E-state index in [4.69, 9.17) is 22.1 Å². The van der Waals surface area contributed by atoms with Crippen LogP contribution in [0.25, 0.3) is 0 Å². The number of hydrogen-bond acceptors (Lipinski definition) is 3. The molecule has 3 nitrogen and oxygen atoms in total. The highest BCUT2D eigenvalue weighted by atomic mass is 35.5. The molecule has 1 aromatic carbocycles. The Hall–Kier alpha value is -1.06. The van der Waals surface area contributed by atoms with Crippen LogP contribution in [0.1, 0.15) is 31.7 Å². The molecule has 4 heteroatoms. The average Bonchev–Trinajstić information content (AvgIpc) is 2.32. The lowest BCUT2D eigenvalue weighted by atomic mass is 10.0. The van der Waals surface area contributed by atoms with Gasteiger partial charge in [0.05, 0.1) is 13.0 Å². The van der Waals surface area contributed by atoms with Gasteiger partial charge in [-0.25, -0.2) is 0 Å². The van der Waals surface area contributed by atoms with E-state index in [2.05, 4.69) is 0 Å². The van der Waals surface area contributed by atoms with E-state index in [1.165, 1.54) is 5.56 Å². The van der Waals surface area contributed by atoms with Crippen LogP contribution < -0.4 is 5.73 Å². The summed E-state index contributed by atoms with van der Waals surface area (Å²) in [6.45, 7) is 2.21. The molecule has 0 amide bonds. The zero-order chi connectivity index (χ0) is 13.4. The summed E-state index contributed by atoms with van der Waals surface area (Å²) in [7, 11) is 0. The second kappa shape index (κ2) is 8.11. The SMILES string of the molecule is CCOC(=O)C[C@@H](N)CCCc1ccc(Cl)cc1. The van der Waals surface area contributed by atoms with E-state index < -0.39 is 0 Å². The summed E-state index contributed by atoms with van der Waals surface area (Å²) in [6, 6.07) is 7.68. The number of nitrogens with two attached hydrogens (primary N) is 1. The second-order valence-electron chi connectivity index (χ2n) is 4.29. The molecular formula is C14H20ClNO2. The van der Waals surface area contributed by atoms with Crippen molar-refractivity contribution in [1.29, 1.82) is 0 Å². The molecule has 0 saturated carbocycles. The summed E-state index contributed by atoms with van der Waals surface area (Å²) in [5.74, 6) is -0.212. The third kappa shape index (κ3) is 6.03. The maximum absolute atomic E-state index is 11.2. The molecule has 0 unspecified atom stereocenters. The van der Waals surface area contributed by atoms with Crippen molar-refractivity contribution in [2.75, 3.05) is 6.61 Å². The molecule has 1 rings (SSSR count). The number of ether oxygens (including phenoxy) is 1. The Morgan fingerprint density at radius 1 is 1.39 bits per heavy atom. The summed E-state index contributed by atoms with van der Waals surface area (Å²) in [5.41, 5.74) is 7.11. The van der Waals surface area contributed by atoms with Crippen molar-refractivity contribution in [3.63, 3.8) is 0 Å². The molecule has 1 atom stereocenters. The minimum absolute atomic E-state index is 0.114. The van der Waals surface area contributed by atoms with Gasteiger partial charge in [0.25, 0.3) is 0 Å². The van der Waals surface area contributed by atoms with Gasteiger partial charge in [-0.3, -0.25) is 4.79 Å². The number of carbonyl (C=O) groups excluding carboxylic acids is 1. The molecule has 100 valence electrons. The quantitative estimate of drug-likeness (QED) is 0.775. The first-order valence-corrected chi connectivity index (χ1v) is 6.65. The van der Waals surface area contributed by atoms with Crippen molar-refractivity contribution >= 4 is 17.6 Å². The Bertz CT molecular complexity index is 365. The molecule has 0 spiro atoms. The van der Waals surface area contributed by atoms with Crippen LogP contribution in [0.5, 0.6) is 0 Å². The van der Waals surface area contributed by atoms with Gasteiger partial charge in [-0.2, -0.15) is 0 Å². The van der Waals surface area contributed by atoms with Gasteiger partial charge < -0.3 is 10.5 Å². The van der Waals surface area contributed by atoms with Crippen LogP contribution in [-0.4, -0.2) is 18.6 Å². The van der Waals surface area contributed by atoms with E-state index in [0.29, 0.717) is 13.0 Å². The normalized spacial score (nSPS) is 12.2. The fraction of sp³-hybridized carbons (Fsp3) is 0.500. The first-order valence-electron chi connectivity index (χ1n) is 6.27. The molecule has 0 aromatic heterocycles. The third-order valence-electron chi connectivity index (χ3n) is 2.69. The average molecular weight is 270 g/mol. The Morgan fingerprint density at radius 3 is 2.67 bits per heavy atom. The number of carbonyl (C=O) groups is 1. The number of benzene rings is 1. The number of rotatable bonds is 7. The summed E-state index contributed by atoms with van der Waals surface area (Å²) >= 11 is 5.81. The number of hydrogen-bond donors (Lipinski definition) is 1. The molecule has 0 bridgehead atoms. The lowest BCUT2D eigenvalue weighted by Gasteiger charge is -2.10. The zero-order valence-corrected chi connectivity index (χ0v) is 11.5. The van der Waals surface area contributed by atoms with E-state index in [1.54, 1.807) is 6.92 Å². The molecule has 1 aromatic rings. The number of aryl methyl sites for hydroxylation is 1. The van der Waals surface area contributed by atoms with Crippen LogP contribution >= 0.6 is 11.6 Å².